The average Bonchev–Trinajstić information content (AvgIpc) is 2.74. The van der Waals surface area contributed by atoms with E-state index in [9.17, 15) is 9.59 Å². The van der Waals surface area contributed by atoms with Gasteiger partial charge < -0.3 is 19.7 Å². The number of hydrogen-bond acceptors (Lipinski definition) is 4. The van der Waals surface area contributed by atoms with Crippen molar-refractivity contribution in [2.24, 2.45) is 0 Å². The molecule has 0 spiro atoms. The largest absolute Gasteiger partial charge is 0.497 e. The van der Waals surface area contributed by atoms with E-state index in [0.29, 0.717) is 18.7 Å². The summed E-state index contributed by atoms with van der Waals surface area (Å²) in [4.78, 5) is 26.9. The zero-order chi connectivity index (χ0) is 21.4. The Kier molecular flexibility index (Phi) is 8.51. The average molecular weight is 463 g/mol. The fourth-order valence-electron chi connectivity index (χ4n) is 2.95. The summed E-state index contributed by atoms with van der Waals surface area (Å²) in [6, 6.07) is 12.4. The standard InChI is InChI=1S/C22H27BrN2O4/c1-5-20(22(27)24-3)25(13-16-6-8-17(28-4)9-7-16)21(26)14-29-18-10-11-19(23)15(2)12-18/h6-12,20H,5,13-14H2,1-4H3,(H,24,27). The number of carbonyl (C=O) groups is 2. The number of nitrogens with one attached hydrogen (secondary N) is 1. The van der Waals surface area contributed by atoms with Crippen molar-refractivity contribution in [3.8, 4) is 11.5 Å². The van der Waals surface area contributed by atoms with Gasteiger partial charge in [-0.3, -0.25) is 9.59 Å². The van der Waals surface area contributed by atoms with Gasteiger partial charge in [0.1, 0.15) is 17.5 Å². The zero-order valence-electron chi connectivity index (χ0n) is 17.2. The molecule has 2 rings (SSSR count). The topological polar surface area (TPSA) is 67.9 Å². The van der Waals surface area contributed by atoms with E-state index in [1.54, 1.807) is 25.1 Å². The summed E-state index contributed by atoms with van der Waals surface area (Å²) in [7, 11) is 3.17. The molecule has 0 aromatic heterocycles. The van der Waals surface area contributed by atoms with Gasteiger partial charge in [0, 0.05) is 18.1 Å². The van der Waals surface area contributed by atoms with Crippen molar-refractivity contribution in [2.75, 3.05) is 20.8 Å². The molecule has 0 bridgehead atoms. The van der Waals surface area contributed by atoms with Crippen molar-refractivity contribution in [3.05, 3.63) is 58.1 Å². The third kappa shape index (κ3) is 6.22. The van der Waals surface area contributed by atoms with E-state index in [4.69, 9.17) is 9.47 Å². The number of amides is 2. The Hall–Kier alpha value is -2.54. The van der Waals surface area contributed by atoms with Gasteiger partial charge in [0.05, 0.1) is 7.11 Å². The van der Waals surface area contributed by atoms with Crippen molar-refractivity contribution in [1.82, 2.24) is 10.2 Å². The molecule has 0 aliphatic heterocycles. The number of ether oxygens (including phenoxy) is 2. The van der Waals surface area contributed by atoms with E-state index < -0.39 is 6.04 Å². The molecule has 6 nitrogen and oxygen atoms in total. The predicted octanol–water partition coefficient (Wildman–Crippen LogP) is 3.70. The summed E-state index contributed by atoms with van der Waals surface area (Å²) in [6.07, 6.45) is 0.499. The highest BCUT2D eigenvalue weighted by atomic mass is 79.9. The maximum absolute atomic E-state index is 13.0. The van der Waals surface area contributed by atoms with Gasteiger partial charge in [-0.2, -0.15) is 0 Å². The molecule has 29 heavy (non-hydrogen) atoms. The summed E-state index contributed by atoms with van der Waals surface area (Å²) < 4.78 is 11.9. The SMILES string of the molecule is CCC(C(=O)NC)N(Cc1ccc(OC)cc1)C(=O)COc1ccc(Br)c(C)c1. The van der Waals surface area contributed by atoms with Gasteiger partial charge in [-0.25, -0.2) is 0 Å². The van der Waals surface area contributed by atoms with Gasteiger partial charge in [-0.1, -0.05) is 35.0 Å². The van der Waals surface area contributed by atoms with Crippen LogP contribution in [0.1, 0.15) is 24.5 Å². The van der Waals surface area contributed by atoms with Gasteiger partial charge >= 0.3 is 0 Å². The van der Waals surface area contributed by atoms with Crippen LogP contribution in [0.5, 0.6) is 11.5 Å². The molecule has 2 aromatic carbocycles. The van der Waals surface area contributed by atoms with E-state index in [2.05, 4.69) is 21.2 Å². The Morgan fingerprint density at radius 1 is 1.14 bits per heavy atom. The van der Waals surface area contributed by atoms with E-state index in [0.717, 1.165) is 21.3 Å². The van der Waals surface area contributed by atoms with Gasteiger partial charge in [0.15, 0.2) is 6.61 Å². The van der Waals surface area contributed by atoms with Gasteiger partial charge in [0.25, 0.3) is 5.91 Å². The molecule has 0 saturated carbocycles. The molecule has 0 saturated heterocycles. The third-order valence-corrected chi connectivity index (χ3v) is 5.53. The molecule has 1 atom stereocenters. The van der Waals surface area contributed by atoms with Crippen LogP contribution >= 0.6 is 15.9 Å². The molecule has 0 aliphatic carbocycles. The highest BCUT2D eigenvalue weighted by Crippen LogP contribution is 2.22. The molecule has 1 unspecified atom stereocenters. The first-order valence-electron chi connectivity index (χ1n) is 9.42. The smallest absolute Gasteiger partial charge is 0.261 e. The molecule has 0 fully saturated rings. The van der Waals surface area contributed by atoms with Crippen LogP contribution in [-0.4, -0.2) is 43.5 Å². The van der Waals surface area contributed by atoms with Crippen molar-refractivity contribution in [1.29, 1.82) is 0 Å². The minimum Gasteiger partial charge on any atom is -0.497 e. The minimum atomic E-state index is -0.579. The van der Waals surface area contributed by atoms with Crippen LogP contribution in [0.15, 0.2) is 46.9 Å². The number of carbonyl (C=O) groups excluding carboxylic acids is 2. The summed E-state index contributed by atoms with van der Waals surface area (Å²) in [5.41, 5.74) is 1.92. The molecule has 2 amide bonds. The maximum atomic E-state index is 13.0. The highest BCUT2D eigenvalue weighted by Gasteiger charge is 2.28. The second-order valence-electron chi connectivity index (χ2n) is 6.61. The summed E-state index contributed by atoms with van der Waals surface area (Å²) in [6.45, 7) is 3.99. The number of rotatable bonds is 9. The second-order valence-corrected chi connectivity index (χ2v) is 7.46. The number of nitrogens with zero attached hydrogens (tertiary/aromatic N) is 1. The van der Waals surface area contributed by atoms with Crippen molar-refractivity contribution < 1.29 is 19.1 Å². The lowest BCUT2D eigenvalue weighted by molar-refractivity contribution is -0.142. The number of hydrogen-bond donors (Lipinski definition) is 1. The number of benzene rings is 2. The normalized spacial score (nSPS) is 11.5. The summed E-state index contributed by atoms with van der Waals surface area (Å²) >= 11 is 3.45. The van der Waals surface area contributed by atoms with Crippen LogP contribution in [0.3, 0.4) is 0 Å². The number of likely N-dealkylation sites (N-methyl/N-ethyl adjacent to an activating group) is 1. The molecular weight excluding hydrogens is 436 g/mol. The maximum Gasteiger partial charge on any atom is 0.261 e. The predicted molar refractivity (Wildman–Crippen MR) is 116 cm³/mol. The zero-order valence-corrected chi connectivity index (χ0v) is 18.8. The molecule has 1 N–H and O–H groups in total. The number of halogens is 1. The quantitative estimate of drug-likeness (QED) is 0.616. The number of aryl methyl sites for hydroxylation is 1. The Balaban J connectivity index is 2.18. The first-order valence-corrected chi connectivity index (χ1v) is 10.2. The van der Waals surface area contributed by atoms with Crippen LogP contribution < -0.4 is 14.8 Å². The van der Waals surface area contributed by atoms with Crippen LogP contribution in [0.25, 0.3) is 0 Å². The molecule has 2 aromatic rings. The third-order valence-electron chi connectivity index (χ3n) is 4.64. The first kappa shape index (κ1) is 22.7. The summed E-state index contributed by atoms with van der Waals surface area (Å²) in [5.74, 6) is 0.890. The van der Waals surface area contributed by atoms with Crippen LogP contribution in [-0.2, 0) is 16.1 Å². The van der Waals surface area contributed by atoms with Crippen molar-refractivity contribution >= 4 is 27.7 Å². The van der Waals surface area contributed by atoms with E-state index in [-0.39, 0.29) is 18.4 Å². The molecule has 0 aliphatic rings. The lowest BCUT2D eigenvalue weighted by Gasteiger charge is -2.30. The van der Waals surface area contributed by atoms with E-state index in [1.807, 2.05) is 50.2 Å². The molecule has 0 heterocycles. The van der Waals surface area contributed by atoms with Crippen molar-refractivity contribution in [3.63, 3.8) is 0 Å². The number of methoxy groups -OCH3 is 1. The minimum absolute atomic E-state index is 0.148. The highest BCUT2D eigenvalue weighted by molar-refractivity contribution is 9.10. The summed E-state index contributed by atoms with van der Waals surface area (Å²) in [5, 5.41) is 2.64. The first-order chi connectivity index (χ1) is 13.9. The van der Waals surface area contributed by atoms with Gasteiger partial charge in [-0.05, 0) is 54.8 Å². The molecule has 0 radical (unpaired) electrons. The Labute approximate surface area is 180 Å². The molecule has 7 heteroatoms. The van der Waals surface area contributed by atoms with Crippen LogP contribution in [0, 0.1) is 6.92 Å². The van der Waals surface area contributed by atoms with Crippen molar-refractivity contribution in [2.45, 2.75) is 32.9 Å². The van der Waals surface area contributed by atoms with Gasteiger partial charge in [-0.15, -0.1) is 0 Å². The van der Waals surface area contributed by atoms with Crippen LogP contribution in [0.4, 0.5) is 0 Å². The van der Waals surface area contributed by atoms with Crippen LogP contribution in [0.2, 0.25) is 0 Å². The fraction of sp³-hybridized carbons (Fsp3) is 0.364. The second kappa shape index (κ2) is 10.9. The Morgan fingerprint density at radius 2 is 1.79 bits per heavy atom. The van der Waals surface area contributed by atoms with E-state index >= 15 is 0 Å². The van der Waals surface area contributed by atoms with E-state index in [1.165, 1.54) is 0 Å². The fourth-order valence-corrected chi connectivity index (χ4v) is 3.20. The monoisotopic (exact) mass is 462 g/mol. The molecule has 156 valence electrons. The lowest BCUT2D eigenvalue weighted by atomic mass is 10.1. The Bertz CT molecular complexity index is 839. The lowest BCUT2D eigenvalue weighted by Crippen LogP contribution is -2.49. The molecular formula is C22H27BrN2O4. The Morgan fingerprint density at radius 3 is 2.34 bits per heavy atom. The van der Waals surface area contributed by atoms with Gasteiger partial charge in [0.2, 0.25) is 5.91 Å².